The van der Waals surface area contributed by atoms with Crippen molar-refractivity contribution in [2.24, 2.45) is 5.92 Å². The molecule has 0 aliphatic heterocycles. The molecule has 1 fully saturated rings. The van der Waals surface area contributed by atoms with Crippen LogP contribution in [0.1, 0.15) is 51.0 Å². The fourth-order valence-electron chi connectivity index (χ4n) is 3.13. The zero-order valence-corrected chi connectivity index (χ0v) is 16.9. The first-order chi connectivity index (χ1) is 12.6. The van der Waals surface area contributed by atoms with E-state index < -0.39 is 17.2 Å². The Morgan fingerprint density at radius 1 is 1.22 bits per heavy atom. The van der Waals surface area contributed by atoms with Gasteiger partial charge in [0.1, 0.15) is 11.3 Å². The van der Waals surface area contributed by atoms with Crippen molar-refractivity contribution in [2.75, 3.05) is 6.54 Å². The van der Waals surface area contributed by atoms with Crippen molar-refractivity contribution in [2.45, 2.75) is 51.7 Å². The highest BCUT2D eigenvalue weighted by Gasteiger charge is 2.43. The van der Waals surface area contributed by atoms with Crippen LogP contribution in [-0.2, 0) is 4.74 Å². The van der Waals surface area contributed by atoms with Crippen molar-refractivity contribution in [1.29, 1.82) is 0 Å². The van der Waals surface area contributed by atoms with Gasteiger partial charge in [0.25, 0.3) is 5.91 Å². The molecule has 146 valence electrons. The third-order valence-electron chi connectivity index (χ3n) is 4.71. The van der Waals surface area contributed by atoms with E-state index in [4.69, 9.17) is 16.3 Å². The largest absolute Gasteiger partial charge is 0.444 e. The molecule has 2 amide bonds. The van der Waals surface area contributed by atoms with Gasteiger partial charge in [-0.3, -0.25) is 4.79 Å². The van der Waals surface area contributed by atoms with E-state index in [2.05, 4.69) is 15.6 Å². The fourth-order valence-corrected chi connectivity index (χ4v) is 3.30. The molecule has 2 aromatic rings. The topological polar surface area (TPSA) is 83.2 Å². The molecule has 27 heavy (non-hydrogen) atoms. The first kappa shape index (κ1) is 19.5. The highest BCUT2D eigenvalue weighted by molar-refractivity contribution is 6.31. The van der Waals surface area contributed by atoms with Crippen LogP contribution in [0.5, 0.6) is 0 Å². The van der Waals surface area contributed by atoms with Gasteiger partial charge in [-0.2, -0.15) is 0 Å². The molecule has 0 spiro atoms. The number of aromatic nitrogens is 1. The van der Waals surface area contributed by atoms with E-state index >= 15 is 0 Å². The Hall–Kier alpha value is -2.21. The number of fused-ring (bicyclic) bond motifs is 1. The normalized spacial score (nSPS) is 16.6. The molecule has 7 heteroatoms. The van der Waals surface area contributed by atoms with Gasteiger partial charge in [0.05, 0.1) is 5.54 Å². The van der Waals surface area contributed by atoms with Crippen LogP contribution in [0.25, 0.3) is 10.9 Å². The summed E-state index contributed by atoms with van der Waals surface area (Å²) in [6, 6.07) is 7.25. The number of rotatable bonds is 5. The van der Waals surface area contributed by atoms with Crippen molar-refractivity contribution >= 4 is 34.5 Å². The molecule has 1 aromatic carbocycles. The maximum atomic E-state index is 12.8. The first-order valence-corrected chi connectivity index (χ1v) is 9.51. The molecule has 1 atom stereocenters. The van der Waals surface area contributed by atoms with Crippen LogP contribution < -0.4 is 10.6 Å². The van der Waals surface area contributed by atoms with Crippen LogP contribution in [0.2, 0.25) is 5.02 Å². The molecular formula is C20H26ClN3O3. The summed E-state index contributed by atoms with van der Waals surface area (Å²) >= 11 is 6.01. The summed E-state index contributed by atoms with van der Waals surface area (Å²) in [6.45, 7) is 7.72. The number of alkyl carbamates (subject to hydrolysis) is 1. The lowest BCUT2D eigenvalue weighted by molar-refractivity contribution is 0.0502. The fraction of sp³-hybridized carbons (Fsp3) is 0.500. The highest BCUT2D eigenvalue weighted by atomic mass is 35.5. The second-order valence-corrected chi connectivity index (χ2v) is 8.85. The third kappa shape index (κ3) is 4.95. The number of carbonyl (C=O) groups excluding carboxylic acids is 2. The standard InChI is InChI=1S/C20H26ClN3O3/c1-19(2,3)27-18(26)22-11-20(4,13-6-7-13)24-17(25)16-9-12-5-8-14(21)10-15(12)23-16/h5,8-10,13,23H,6-7,11H2,1-4H3,(H,22,26)(H,24,25). The minimum absolute atomic E-state index is 0.206. The number of ether oxygens (including phenoxy) is 1. The number of benzene rings is 1. The average Bonchev–Trinajstić information content (AvgIpc) is 3.32. The predicted octanol–water partition coefficient (Wildman–Crippen LogP) is 4.24. The molecule has 0 saturated heterocycles. The Morgan fingerprint density at radius 3 is 2.56 bits per heavy atom. The van der Waals surface area contributed by atoms with Crippen molar-refractivity contribution in [3.8, 4) is 0 Å². The molecule has 3 N–H and O–H groups in total. The molecule has 3 rings (SSSR count). The lowest BCUT2D eigenvalue weighted by Gasteiger charge is -2.31. The van der Waals surface area contributed by atoms with E-state index in [-0.39, 0.29) is 5.91 Å². The number of hydrogen-bond donors (Lipinski definition) is 3. The van der Waals surface area contributed by atoms with Crippen molar-refractivity contribution in [3.05, 3.63) is 35.0 Å². The maximum absolute atomic E-state index is 12.8. The van der Waals surface area contributed by atoms with E-state index in [9.17, 15) is 9.59 Å². The van der Waals surface area contributed by atoms with E-state index in [0.717, 1.165) is 23.7 Å². The predicted molar refractivity (Wildman–Crippen MR) is 106 cm³/mol. The van der Waals surface area contributed by atoms with Gasteiger partial charge in [0.15, 0.2) is 0 Å². The number of carbonyl (C=O) groups is 2. The van der Waals surface area contributed by atoms with Crippen molar-refractivity contribution in [3.63, 3.8) is 0 Å². The van der Waals surface area contributed by atoms with Gasteiger partial charge in [0, 0.05) is 22.5 Å². The van der Waals surface area contributed by atoms with E-state index in [1.165, 1.54) is 0 Å². The minimum Gasteiger partial charge on any atom is -0.444 e. The van der Waals surface area contributed by atoms with Crippen LogP contribution in [0.3, 0.4) is 0 Å². The summed E-state index contributed by atoms with van der Waals surface area (Å²) in [5.74, 6) is 0.123. The third-order valence-corrected chi connectivity index (χ3v) is 4.94. The van der Waals surface area contributed by atoms with Gasteiger partial charge in [-0.05, 0) is 64.7 Å². The monoisotopic (exact) mass is 391 g/mol. The van der Waals surface area contributed by atoms with Gasteiger partial charge >= 0.3 is 6.09 Å². The van der Waals surface area contributed by atoms with Crippen LogP contribution in [0.15, 0.2) is 24.3 Å². The van der Waals surface area contributed by atoms with Crippen molar-refractivity contribution in [1.82, 2.24) is 15.6 Å². The summed E-state index contributed by atoms with van der Waals surface area (Å²) < 4.78 is 5.29. The smallest absolute Gasteiger partial charge is 0.407 e. The number of nitrogens with one attached hydrogen (secondary N) is 3. The molecular weight excluding hydrogens is 366 g/mol. The number of H-pyrrole nitrogens is 1. The summed E-state index contributed by atoms with van der Waals surface area (Å²) in [7, 11) is 0. The van der Waals surface area contributed by atoms with Crippen molar-refractivity contribution < 1.29 is 14.3 Å². The molecule has 1 unspecified atom stereocenters. The van der Waals surface area contributed by atoms with E-state index in [1.807, 2.05) is 33.8 Å². The van der Waals surface area contributed by atoms with Crippen LogP contribution in [0, 0.1) is 5.92 Å². The minimum atomic E-state index is -0.561. The number of halogens is 1. The Balaban J connectivity index is 1.69. The van der Waals surface area contributed by atoms with E-state index in [1.54, 1.807) is 18.2 Å². The summed E-state index contributed by atoms with van der Waals surface area (Å²) in [5.41, 5.74) is 0.182. The van der Waals surface area contributed by atoms with Gasteiger partial charge in [-0.15, -0.1) is 0 Å². The summed E-state index contributed by atoms with van der Waals surface area (Å²) in [6.07, 6.45) is 1.56. The molecule has 1 heterocycles. The van der Waals surface area contributed by atoms with Gasteiger partial charge in [-0.1, -0.05) is 17.7 Å². The Labute approximate surface area is 164 Å². The lowest BCUT2D eigenvalue weighted by Crippen LogP contribution is -2.55. The molecule has 0 radical (unpaired) electrons. The Kier molecular flexibility index (Phi) is 5.12. The molecule has 0 bridgehead atoms. The average molecular weight is 392 g/mol. The zero-order valence-electron chi connectivity index (χ0n) is 16.1. The van der Waals surface area contributed by atoms with Crippen LogP contribution in [-0.4, -0.2) is 34.7 Å². The SMILES string of the molecule is CC(C)(C)OC(=O)NCC(C)(NC(=O)c1cc2ccc(Cl)cc2[nH]1)C1CC1. The van der Waals surface area contributed by atoms with Crippen LogP contribution >= 0.6 is 11.6 Å². The van der Waals surface area contributed by atoms with Gasteiger partial charge in [-0.25, -0.2) is 4.79 Å². The molecule has 6 nitrogen and oxygen atoms in total. The second-order valence-electron chi connectivity index (χ2n) is 8.42. The van der Waals surface area contributed by atoms with Gasteiger partial charge in [0.2, 0.25) is 0 Å². The second kappa shape index (κ2) is 7.08. The number of hydrogen-bond acceptors (Lipinski definition) is 3. The Morgan fingerprint density at radius 2 is 1.93 bits per heavy atom. The lowest BCUT2D eigenvalue weighted by atomic mass is 9.95. The number of aromatic amines is 1. The molecule has 1 aliphatic carbocycles. The Bertz CT molecular complexity index is 867. The van der Waals surface area contributed by atoms with E-state index in [0.29, 0.717) is 23.2 Å². The number of amides is 2. The summed E-state index contributed by atoms with van der Waals surface area (Å²) in [5, 5.41) is 7.41. The van der Waals surface area contributed by atoms with Gasteiger partial charge < -0.3 is 20.4 Å². The first-order valence-electron chi connectivity index (χ1n) is 9.13. The maximum Gasteiger partial charge on any atom is 0.407 e. The highest BCUT2D eigenvalue weighted by Crippen LogP contribution is 2.39. The molecule has 1 saturated carbocycles. The zero-order chi connectivity index (χ0) is 19.8. The summed E-state index contributed by atoms with van der Waals surface area (Å²) in [4.78, 5) is 27.9. The van der Waals surface area contributed by atoms with Crippen LogP contribution in [0.4, 0.5) is 4.79 Å². The molecule has 1 aromatic heterocycles. The quantitative estimate of drug-likeness (QED) is 0.712. The molecule has 1 aliphatic rings.